The highest BCUT2D eigenvalue weighted by atomic mass is 16.2. The zero-order valence-corrected chi connectivity index (χ0v) is 12.7. The van der Waals surface area contributed by atoms with Crippen molar-refractivity contribution < 1.29 is 4.79 Å². The van der Waals surface area contributed by atoms with Crippen LogP contribution in [0.25, 0.3) is 0 Å². The van der Waals surface area contributed by atoms with Gasteiger partial charge in [0.05, 0.1) is 0 Å². The molecule has 0 radical (unpaired) electrons. The van der Waals surface area contributed by atoms with Gasteiger partial charge in [-0.15, -0.1) is 0 Å². The summed E-state index contributed by atoms with van der Waals surface area (Å²) in [6.45, 7) is 11.9. The van der Waals surface area contributed by atoms with Crippen molar-refractivity contribution in [1.82, 2.24) is 15.1 Å². The minimum atomic E-state index is 0.0385. The number of hydrogen-bond donors (Lipinski definition) is 1. The number of carbonyl (C=O) groups excluding carboxylic acids is 1. The van der Waals surface area contributed by atoms with E-state index in [9.17, 15) is 4.79 Å². The molecule has 2 saturated heterocycles. The number of piperidine rings is 1. The van der Waals surface area contributed by atoms with Gasteiger partial charge in [-0.05, 0) is 33.1 Å². The van der Waals surface area contributed by atoms with Crippen LogP contribution >= 0.6 is 0 Å². The fourth-order valence-corrected chi connectivity index (χ4v) is 3.34. The molecule has 1 amide bonds. The minimum absolute atomic E-state index is 0.0385. The number of piperazine rings is 1. The number of nitrogens with zero attached hydrogens (tertiary/aromatic N) is 2. The fraction of sp³-hybridized carbons (Fsp3) is 0.933. The van der Waals surface area contributed by atoms with E-state index >= 15 is 0 Å². The van der Waals surface area contributed by atoms with E-state index in [4.69, 9.17) is 0 Å². The Labute approximate surface area is 117 Å². The predicted molar refractivity (Wildman–Crippen MR) is 78.2 cm³/mol. The van der Waals surface area contributed by atoms with E-state index in [1.807, 2.05) is 0 Å². The molecule has 0 aromatic heterocycles. The molecule has 4 nitrogen and oxygen atoms in total. The van der Waals surface area contributed by atoms with Crippen molar-refractivity contribution in [2.24, 2.45) is 0 Å². The van der Waals surface area contributed by atoms with Crippen molar-refractivity contribution in [3.8, 4) is 0 Å². The summed E-state index contributed by atoms with van der Waals surface area (Å²) < 4.78 is 0. The normalized spacial score (nSPS) is 28.4. The average Bonchev–Trinajstić information content (AvgIpc) is 2.39. The molecule has 2 rings (SSSR count). The molecule has 0 aromatic rings. The number of amides is 1. The van der Waals surface area contributed by atoms with Crippen LogP contribution in [-0.2, 0) is 4.79 Å². The average molecular weight is 267 g/mol. The summed E-state index contributed by atoms with van der Waals surface area (Å²) >= 11 is 0. The molecule has 2 heterocycles. The van der Waals surface area contributed by atoms with Gasteiger partial charge >= 0.3 is 0 Å². The van der Waals surface area contributed by atoms with Gasteiger partial charge in [0.15, 0.2) is 0 Å². The van der Waals surface area contributed by atoms with E-state index in [0.717, 1.165) is 45.6 Å². The second kappa shape index (κ2) is 6.23. The molecule has 0 aromatic carbocycles. The van der Waals surface area contributed by atoms with Gasteiger partial charge in [0, 0.05) is 50.7 Å². The van der Waals surface area contributed by atoms with E-state index in [1.165, 1.54) is 6.42 Å². The first kappa shape index (κ1) is 14.8. The highest BCUT2D eigenvalue weighted by Crippen LogP contribution is 2.30. The molecule has 19 heavy (non-hydrogen) atoms. The lowest BCUT2D eigenvalue weighted by Crippen LogP contribution is -2.60. The molecule has 0 saturated carbocycles. The minimum Gasteiger partial charge on any atom is -0.336 e. The maximum absolute atomic E-state index is 12.3. The van der Waals surface area contributed by atoms with Crippen molar-refractivity contribution in [3.05, 3.63) is 0 Å². The zero-order chi connectivity index (χ0) is 13.9. The summed E-state index contributed by atoms with van der Waals surface area (Å²) in [5.74, 6) is 0.340. The van der Waals surface area contributed by atoms with Crippen molar-refractivity contribution in [1.29, 1.82) is 0 Å². The third kappa shape index (κ3) is 3.48. The Morgan fingerprint density at radius 1 is 1.32 bits per heavy atom. The molecule has 0 aliphatic carbocycles. The third-order valence-corrected chi connectivity index (χ3v) is 4.65. The van der Waals surface area contributed by atoms with Gasteiger partial charge in [-0.25, -0.2) is 0 Å². The Bertz CT molecular complexity index is 311. The van der Waals surface area contributed by atoms with Crippen LogP contribution < -0.4 is 5.32 Å². The molecule has 1 N–H and O–H groups in total. The molecule has 1 unspecified atom stereocenters. The van der Waals surface area contributed by atoms with E-state index in [1.54, 1.807) is 0 Å². The van der Waals surface area contributed by atoms with Crippen molar-refractivity contribution in [3.63, 3.8) is 0 Å². The summed E-state index contributed by atoms with van der Waals surface area (Å²) in [7, 11) is 0. The number of rotatable bonds is 3. The molecule has 2 aliphatic rings. The molecule has 2 fully saturated rings. The van der Waals surface area contributed by atoms with E-state index < -0.39 is 0 Å². The molecule has 1 atom stereocenters. The quantitative estimate of drug-likeness (QED) is 0.841. The van der Waals surface area contributed by atoms with Crippen LogP contribution in [0.1, 0.15) is 46.5 Å². The maximum atomic E-state index is 12.3. The third-order valence-electron chi connectivity index (χ3n) is 4.65. The molecule has 110 valence electrons. The van der Waals surface area contributed by atoms with Gasteiger partial charge in [-0.2, -0.15) is 0 Å². The molecule has 2 aliphatic heterocycles. The number of hydrogen-bond acceptors (Lipinski definition) is 3. The second-order valence-electron chi connectivity index (χ2n) is 6.55. The van der Waals surface area contributed by atoms with Crippen LogP contribution in [0.3, 0.4) is 0 Å². The van der Waals surface area contributed by atoms with E-state index in [-0.39, 0.29) is 5.54 Å². The van der Waals surface area contributed by atoms with Gasteiger partial charge in [-0.3, -0.25) is 9.69 Å². The first-order valence-electron chi connectivity index (χ1n) is 7.80. The standard InChI is InChI=1S/C15H29N3O/c1-4-5-14(19)18-12-13(6-7-15(18,2)3)17-10-8-16-9-11-17/h13,16H,4-12H2,1-3H3. The van der Waals surface area contributed by atoms with Crippen molar-refractivity contribution in [2.75, 3.05) is 32.7 Å². The maximum Gasteiger partial charge on any atom is 0.223 e. The molecule has 0 spiro atoms. The van der Waals surface area contributed by atoms with Gasteiger partial charge in [0.25, 0.3) is 0 Å². The van der Waals surface area contributed by atoms with Crippen molar-refractivity contribution in [2.45, 2.75) is 58.0 Å². The second-order valence-corrected chi connectivity index (χ2v) is 6.55. The topological polar surface area (TPSA) is 35.6 Å². The van der Waals surface area contributed by atoms with Crippen LogP contribution in [-0.4, -0.2) is 60.0 Å². The SMILES string of the molecule is CCCC(=O)N1CC(N2CCNCC2)CCC1(C)C. The van der Waals surface area contributed by atoms with Gasteiger partial charge < -0.3 is 10.2 Å². The monoisotopic (exact) mass is 267 g/mol. The van der Waals surface area contributed by atoms with Crippen LogP contribution in [0.5, 0.6) is 0 Å². The van der Waals surface area contributed by atoms with E-state index in [0.29, 0.717) is 18.4 Å². The lowest BCUT2D eigenvalue weighted by Gasteiger charge is -2.49. The summed E-state index contributed by atoms with van der Waals surface area (Å²) in [5, 5.41) is 3.40. The molecular weight excluding hydrogens is 238 g/mol. The number of likely N-dealkylation sites (tertiary alicyclic amines) is 1. The number of carbonyl (C=O) groups is 1. The van der Waals surface area contributed by atoms with Crippen LogP contribution in [0.4, 0.5) is 0 Å². The Kier molecular flexibility index (Phi) is 4.85. The van der Waals surface area contributed by atoms with Crippen molar-refractivity contribution >= 4 is 5.91 Å². The Morgan fingerprint density at radius 3 is 2.63 bits per heavy atom. The summed E-state index contributed by atoms with van der Waals surface area (Å²) in [6.07, 6.45) is 3.99. The zero-order valence-electron chi connectivity index (χ0n) is 12.7. The summed E-state index contributed by atoms with van der Waals surface area (Å²) in [4.78, 5) is 17.1. The van der Waals surface area contributed by atoms with Gasteiger partial charge in [0.2, 0.25) is 5.91 Å². The first-order valence-corrected chi connectivity index (χ1v) is 7.80. The Hall–Kier alpha value is -0.610. The predicted octanol–water partition coefficient (Wildman–Crippen LogP) is 1.46. The Balaban J connectivity index is 2.00. The highest BCUT2D eigenvalue weighted by molar-refractivity contribution is 5.77. The largest absolute Gasteiger partial charge is 0.336 e. The first-order chi connectivity index (χ1) is 9.04. The van der Waals surface area contributed by atoms with Crippen LogP contribution in [0.15, 0.2) is 0 Å². The Morgan fingerprint density at radius 2 is 2.00 bits per heavy atom. The molecule has 0 bridgehead atoms. The smallest absolute Gasteiger partial charge is 0.223 e. The van der Waals surface area contributed by atoms with Crippen LogP contribution in [0, 0.1) is 0 Å². The highest BCUT2D eigenvalue weighted by Gasteiger charge is 2.38. The van der Waals surface area contributed by atoms with Crippen LogP contribution in [0.2, 0.25) is 0 Å². The molecule has 4 heteroatoms. The lowest BCUT2D eigenvalue weighted by atomic mass is 9.87. The van der Waals surface area contributed by atoms with E-state index in [2.05, 4.69) is 35.9 Å². The number of nitrogens with one attached hydrogen (secondary N) is 1. The van der Waals surface area contributed by atoms with Gasteiger partial charge in [0.1, 0.15) is 0 Å². The summed E-state index contributed by atoms with van der Waals surface area (Å²) in [5.41, 5.74) is 0.0385. The molecular formula is C15H29N3O. The summed E-state index contributed by atoms with van der Waals surface area (Å²) in [6, 6.07) is 0.566. The fourth-order valence-electron chi connectivity index (χ4n) is 3.34. The van der Waals surface area contributed by atoms with Gasteiger partial charge in [-0.1, -0.05) is 6.92 Å². The lowest BCUT2D eigenvalue weighted by molar-refractivity contribution is -0.140.